The van der Waals surface area contributed by atoms with Crippen LogP contribution in [-0.2, 0) is 6.54 Å². The molecule has 0 saturated heterocycles. The smallest absolute Gasteiger partial charge is 0.354 e. The number of hydrogen-bond acceptors (Lipinski definition) is 4. The molecular weight excluding hydrogens is 273 g/mol. The fourth-order valence-corrected chi connectivity index (χ4v) is 1.98. The van der Waals surface area contributed by atoms with Crippen LogP contribution in [0.2, 0.25) is 0 Å². The van der Waals surface area contributed by atoms with Gasteiger partial charge in [-0.15, -0.1) is 0 Å². The van der Waals surface area contributed by atoms with Crippen molar-refractivity contribution in [1.82, 2.24) is 9.97 Å². The van der Waals surface area contributed by atoms with E-state index in [4.69, 9.17) is 5.11 Å². The van der Waals surface area contributed by atoms with E-state index in [1.54, 1.807) is 12.1 Å². The van der Waals surface area contributed by atoms with Crippen molar-refractivity contribution in [3.05, 3.63) is 53.2 Å². The first-order valence-corrected chi connectivity index (χ1v) is 6.72. The first kappa shape index (κ1) is 13.5. The van der Waals surface area contributed by atoms with Gasteiger partial charge in [0.2, 0.25) is 0 Å². The number of carboxylic acids is 1. The van der Waals surface area contributed by atoms with E-state index in [9.17, 15) is 9.18 Å². The standard InChI is InChI=1S/C15H14FN3O2/c16-11-5-1-9(2-6-11)8-17-13-7-12(15(20)21)18-14(19-13)10-3-4-10/h1-2,5-7,10H,3-4,8H2,(H,20,21)(H,17,18,19). The summed E-state index contributed by atoms with van der Waals surface area (Å²) in [4.78, 5) is 19.5. The van der Waals surface area contributed by atoms with Crippen molar-refractivity contribution < 1.29 is 14.3 Å². The maximum atomic E-state index is 12.8. The molecule has 6 heteroatoms. The van der Waals surface area contributed by atoms with E-state index in [1.165, 1.54) is 18.2 Å². The van der Waals surface area contributed by atoms with E-state index in [1.807, 2.05) is 0 Å². The molecule has 3 rings (SSSR count). The van der Waals surface area contributed by atoms with Crippen LogP contribution in [0.25, 0.3) is 0 Å². The molecule has 2 N–H and O–H groups in total. The Hall–Kier alpha value is -2.50. The third-order valence-electron chi connectivity index (χ3n) is 3.29. The van der Waals surface area contributed by atoms with E-state index in [2.05, 4.69) is 15.3 Å². The molecule has 1 aliphatic carbocycles. The Kier molecular flexibility index (Phi) is 3.51. The summed E-state index contributed by atoms with van der Waals surface area (Å²) in [6.07, 6.45) is 2.00. The molecule has 1 heterocycles. The number of carboxylic acid groups (broad SMARTS) is 1. The normalized spacial score (nSPS) is 14.0. The zero-order chi connectivity index (χ0) is 14.8. The van der Waals surface area contributed by atoms with Crippen LogP contribution >= 0.6 is 0 Å². The average Bonchev–Trinajstić information content (AvgIpc) is 3.31. The Morgan fingerprint density at radius 3 is 2.62 bits per heavy atom. The number of nitrogens with zero attached hydrogens (tertiary/aromatic N) is 2. The summed E-state index contributed by atoms with van der Waals surface area (Å²) in [5.74, 6) is -0.0186. The van der Waals surface area contributed by atoms with Crippen molar-refractivity contribution in [2.75, 3.05) is 5.32 Å². The van der Waals surface area contributed by atoms with Crippen LogP contribution in [0.15, 0.2) is 30.3 Å². The molecule has 0 spiro atoms. The number of aromatic nitrogens is 2. The van der Waals surface area contributed by atoms with Crippen molar-refractivity contribution in [3.8, 4) is 0 Å². The van der Waals surface area contributed by atoms with Gasteiger partial charge in [0, 0.05) is 18.5 Å². The molecule has 2 aromatic rings. The molecule has 0 aliphatic heterocycles. The molecule has 1 aromatic carbocycles. The SMILES string of the molecule is O=C(O)c1cc(NCc2ccc(F)cc2)nc(C2CC2)n1. The predicted octanol–water partition coefficient (Wildman–Crippen LogP) is 2.80. The van der Waals surface area contributed by atoms with Crippen LogP contribution in [-0.4, -0.2) is 21.0 Å². The summed E-state index contributed by atoms with van der Waals surface area (Å²) in [6, 6.07) is 7.52. The molecule has 1 saturated carbocycles. The van der Waals surface area contributed by atoms with Gasteiger partial charge < -0.3 is 10.4 Å². The van der Waals surface area contributed by atoms with E-state index in [-0.39, 0.29) is 17.4 Å². The molecule has 0 amide bonds. The fourth-order valence-electron chi connectivity index (χ4n) is 1.98. The second-order valence-electron chi connectivity index (χ2n) is 5.06. The topological polar surface area (TPSA) is 75.1 Å². The molecule has 0 unspecified atom stereocenters. The lowest BCUT2D eigenvalue weighted by atomic mass is 10.2. The number of anilines is 1. The molecule has 0 atom stereocenters. The molecular formula is C15H14FN3O2. The second kappa shape index (κ2) is 5.47. The molecule has 5 nitrogen and oxygen atoms in total. The minimum Gasteiger partial charge on any atom is -0.477 e. The van der Waals surface area contributed by atoms with Crippen LogP contribution in [0.1, 0.15) is 40.6 Å². The number of rotatable bonds is 5. The predicted molar refractivity (Wildman–Crippen MR) is 74.7 cm³/mol. The second-order valence-corrected chi connectivity index (χ2v) is 5.06. The molecule has 1 aromatic heterocycles. The van der Waals surface area contributed by atoms with Crippen LogP contribution in [0.4, 0.5) is 10.2 Å². The van der Waals surface area contributed by atoms with Crippen LogP contribution in [0.3, 0.4) is 0 Å². The van der Waals surface area contributed by atoms with Gasteiger partial charge in [0.1, 0.15) is 17.5 Å². The van der Waals surface area contributed by atoms with E-state index >= 15 is 0 Å². The Morgan fingerprint density at radius 2 is 2.00 bits per heavy atom. The van der Waals surface area contributed by atoms with Gasteiger partial charge in [-0.25, -0.2) is 19.2 Å². The number of halogens is 1. The summed E-state index contributed by atoms with van der Waals surface area (Å²) in [5.41, 5.74) is 0.883. The number of nitrogens with one attached hydrogen (secondary N) is 1. The highest BCUT2D eigenvalue weighted by atomic mass is 19.1. The van der Waals surface area contributed by atoms with Gasteiger partial charge in [-0.05, 0) is 30.5 Å². The molecule has 0 bridgehead atoms. The van der Waals surface area contributed by atoms with Gasteiger partial charge in [0.25, 0.3) is 0 Å². The van der Waals surface area contributed by atoms with Gasteiger partial charge in [-0.3, -0.25) is 0 Å². The van der Waals surface area contributed by atoms with E-state index < -0.39 is 5.97 Å². The fraction of sp³-hybridized carbons (Fsp3) is 0.267. The molecule has 108 valence electrons. The number of hydrogen-bond donors (Lipinski definition) is 2. The van der Waals surface area contributed by atoms with Gasteiger partial charge in [0.05, 0.1) is 0 Å². The largest absolute Gasteiger partial charge is 0.477 e. The molecule has 21 heavy (non-hydrogen) atoms. The molecule has 1 aliphatic rings. The highest BCUT2D eigenvalue weighted by Gasteiger charge is 2.28. The number of aromatic carboxylic acids is 1. The van der Waals surface area contributed by atoms with E-state index in [0.717, 1.165) is 18.4 Å². The maximum absolute atomic E-state index is 12.8. The van der Waals surface area contributed by atoms with Crippen molar-refractivity contribution in [2.45, 2.75) is 25.3 Å². The average molecular weight is 287 g/mol. The lowest BCUT2D eigenvalue weighted by Gasteiger charge is -2.08. The quantitative estimate of drug-likeness (QED) is 0.884. The lowest BCUT2D eigenvalue weighted by molar-refractivity contribution is 0.0690. The van der Waals surface area contributed by atoms with E-state index in [0.29, 0.717) is 18.2 Å². The Bertz CT molecular complexity index is 669. The summed E-state index contributed by atoms with van der Waals surface area (Å²) >= 11 is 0. The van der Waals surface area contributed by atoms with Gasteiger partial charge in [-0.2, -0.15) is 0 Å². The van der Waals surface area contributed by atoms with Gasteiger partial charge in [0.15, 0.2) is 5.69 Å². The minimum atomic E-state index is -1.07. The summed E-state index contributed by atoms with van der Waals surface area (Å²) in [7, 11) is 0. The lowest BCUT2D eigenvalue weighted by Crippen LogP contribution is -2.09. The third kappa shape index (κ3) is 3.34. The first-order valence-electron chi connectivity index (χ1n) is 6.72. The zero-order valence-electron chi connectivity index (χ0n) is 11.2. The minimum absolute atomic E-state index is 0.00601. The maximum Gasteiger partial charge on any atom is 0.354 e. The third-order valence-corrected chi connectivity index (χ3v) is 3.29. The Labute approximate surface area is 120 Å². The van der Waals surface area contributed by atoms with Crippen molar-refractivity contribution in [2.24, 2.45) is 0 Å². The monoisotopic (exact) mass is 287 g/mol. The van der Waals surface area contributed by atoms with Crippen LogP contribution in [0, 0.1) is 5.82 Å². The summed E-state index contributed by atoms with van der Waals surface area (Å²) in [5, 5.41) is 12.2. The Morgan fingerprint density at radius 1 is 1.29 bits per heavy atom. The van der Waals surface area contributed by atoms with Gasteiger partial charge >= 0.3 is 5.97 Å². The van der Waals surface area contributed by atoms with Crippen LogP contribution in [0.5, 0.6) is 0 Å². The Balaban J connectivity index is 1.77. The summed E-state index contributed by atoms with van der Waals surface area (Å²) in [6.45, 7) is 0.445. The highest BCUT2D eigenvalue weighted by Crippen LogP contribution is 2.38. The molecule has 0 radical (unpaired) electrons. The summed E-state index contributed by atoms with van der Waals surface area (Å²) < 4.78 is 12.8. The highest BCUT2D eigenvalue weighted by molar-refractivity contribution is 5.86. The first-order chi connectivity index (χ1) is 10.1. The van der Waals surface area contributed by atoms with Crippen molar-refractivity contribution in [1.29, 1.82) is 0 Å². The number of benzene rings is 1. The van der Waals surface area contributed by atoms with Crippen LogP contribution < -0.4 is 5.32 Å². The zero-order valence-corrected chi connectivity index (χ0v) is 11.2. The van der Waals surface area contributed by atoms with Crippen molar-refractivity contribution in [3.63, 3.8) is 0 Å². The van der Waals surface area contributed by atoms with Gasteiger partial charge in [-0.1, -0.05) is 12.1 Å². The molecule has 1 fully saturated rings. The number of carbonyl (C=O) groups is 1. The van der Waals surface area contributed by atoms with Crippen molar-refractivity contribution >= 4 is 11.8 Å².